The summed E-state index contributed by atoms with van der Waals surface area (Å²) in [6.07, 6.45) is 2.02. The molecule has 3 aromatic rings. The highest BCUT2D eigenvalue weighted by Crippen LogP contribution is 2.16. The Hall–Kier alpha value is -3.06. The third kappa shape index (κ3) is 5.17. The van der Waals surface area contributed by atoms with Crippen molar-refractivity contribution in [2.75, 3.05) is 33.3 Å². The Kier molecular flexibility index (Phi) is 6.72. The Morgan fingerprint density at radius 1 is 1.03 bits per heavy atom. The lowest BCUT2D eigenvalue weighted by Crippen LogP contribution is -2.35. The van der Waals surface area contributed by atoms with Crippen LogP contribution in [0.3, 0.4) is 0 Å². The van der Waals surface area contributed by atoms with Crippen LogP contribution >= 0.6 is 0 Å². The second kappa shape index (κ2) is 9.83. The van der Waals surface area contributed by atoms with Crippen LogP contribution in [0.15, 0.2) is 57.7 Å². The average Bonchev–Trinajstić information content (AvgIpc) is 2.94. The summed E-state index contributed by atoms with van der Waals surface area (Å²) in [5.74, 6) is 0.659. The lowest BCUT2D eigenvalue weighted by atomic mass is 10.2. The van der Waals surface area contributed by atoms with E-state index in [-0.39, 0.29) is 11.7 Å². The molecule has 0 spiro atoms. The monoisotopic (exact) mass is 423 g/mol. The highest BCUT2D eigenvalue weighted by molar-refractivity contribution is 5.76. The summed E-state index contributed by atoms with van der Waals surface area (Å²) in [5, 5.41) is 0. The number of carbonyl (C=O) groups is 1. The molecule has 0 N–H and O–H groups in total. The van der Waals surface area contributed by atoms with Crippen LogP contribution in [0.4, 0.5) is 0 Å². The van der Waals surface area contributed by atoms with Crippen molar-refractivity contribution in [2.24, 2.45) is 0 Å². The Labute approximate surface area is 181 Å². The SMILES string of the molecule is COc1ccc(CN2CCCN(C(=O)CCCn3c(=O)oc4ccccc43)CC2)cc1. The number of rotatable bonds is 7. The molecule has 0 bridgehead atoms. The first-order valence-corrected chi connectivity index (χ1v) is 10.9. The minimum atomic E-state index is -0.363. The van der Waals surface area contributed by atoms with Gasteiger partial charge >= 0.3 is 5.76 Å². The molecule has 2 aromatic carbocycles. The van der Waals surface area contributed by atoms with Crippen molar-refractivity contribution >= 4 is 17.0 Å². The zero-order valence-electron chi connectivity index (χ0n) is 18.0. The number of aromatic nitrogens is 1. The number of methoxy groups -OCH3 is 1. The van der Waals surface area contributed by atoms with Crippen LogP contribution < -0.4 is 10.5 Å². The Morgan fingerprint density at radius 2 is 1.84 bits per heavy atom. The van der Waals surface area contributed by atoms with E-state index in [1.807, 2.05) is 35.2 Å². The number of ether oxygens (including phenoxy) is 1. The molecule has 2 heterocycles. The molecule has 1 amide bonds. The Morgan fingerprint density at radius 3 is 2.65 bits per heavy atom. The molecule has 31 heavy (non-hydrogen) atoms. The maximum Gasteiger partial charge on any atom is 0.419 e. The van der Waals surface area contributed by atoms with Gasteiger partial charge in [0.15, 0.2) is 5.58 Å². The van der Waals surface area contributed by atoms with E-state index in [0.29, 0.717) is 25.0 Å². The van der Waals surface area contributed by atoms with Gasteiger partial charge in [0, 0.05) is 45.7 Å². The van der Waals surface area contributed by atoms with Crippen molar-refractivity contribution in [3.63, 3.8) is 0 Å². The minimum Gasteiger partial charge on any atom is -0.497 e. The molecule has 0 saturated carbocycles. The maximum atomic E-state index is 12.7. The average molecular weight is 424 g/mol. The molecular weight excluding hydrogens is 394 g/mol. The molecule has 7 heteroatoms. The first-order valence-electron chi connectivity index (χ1n) is 10.9. The van der Waals surface area contributed by atoms with Crippen molar-refractivity contribution in [3.8, 4) is 5.75 Å². The number of fused-ring (bicyclic) bond motifs is 1. The summed E-state index contributed by atoms with van der Waals surface area (Å²) in [6, 6.07) is 15.5. The van der Waals surface area contributed by atoms with Crippen LogP contribution in [0.2, 0.25) is 0 Å². The number of benzene rings is 2. The van der Waals surface area contributed by atoms with Crippen LogP contribution in [0, 0.1) is 0 Å². The lowest BCUT2D eigenvalue weighted by molar-refractivity contribution is -0.131. The summed E-state index contributed by atoms with van der Waals surface area (Å²) >= 11 is 0. The first-order chi connectivity index (χ1) is 15.1. The van der Waals surface area contributed by atoms with Gasteiger partial charge in [0.05, 0.1) is 12.6 Å². The van der Waals surface area contributed by atoms with Gasteiger partial charge in [-0.2, -0.15) is 0 Å². The standard InChI is InChI=1S/C24H29N3O4/c1-30-20-11-9-19(10-12-20)18-25-13-5-14-26(17-16-25)23(28)8-4-15-27-21-6-2-3-7-22(21)31-24(27)29/h2-3,6-7,9-12H,4-5,8,13-18H2,1H3. The highest BCUT2D eigenvalue weighted by Gasteiger charge is 2.19. The van der Waals surface area contributed by atoms with Crippen molar-refractivity contribution < 1.29 is 13.9 Å². The highest BCUT2D eigenvalue weighted by atomic mass is 16.5. The third-order valence-corrected chi connectivity index (χ3v) is 5.85. The molecule has 1 aromatic heterocycles. The van der Waals surface area contributed by atoms with Crippen LogP contribution in [0.5, 0.6) is 5.75 Å². The summed E-state index contributed by atoms with van der Waals surface area (Å²) in [4.78, 5) is 29.2. The molecule has 1 fully saturated rings. The number of nitrogens with zero attached hydrogens (tertiary/aromatic N) is 3. The molecule has 1 aliphatic rings. The number of para-hydroxylation sites is 2. The fourth-order valence-corrected chi connectivity index (χ4v) is 4.14. The van der Waals surface area contributed by atoms with Gasteiger partial charge in [-0.15, -0.1) is 0 Å². The van der Waals surface area contributed by atoms with E-state index >= 15 is 0 Å². The second-order valence-corrected chi connectivity index (χ2v) is 7.95. The normalized spacial score (nSPS) is 15.2. The Bertz CT molecular complexity index is 1070. The van der Waals surface area contributed by atoms with E-state index in [0.717, 1.165) is 50.4 Å². The predicted molar refractivity (Wildman–Crippen MR) is 119 cm³/mol. The minimum absolute atomic E-state index is 0.159. The summed E-state index contributed by atoms with van der Waals surface area (Å²) in [6.45, 7) is 4.73. The Balaban J connectivity index is 1.26. The van der Waals surface area contributed by atoms with Crippen molar-refractivity contribution in [2.45, 2.75) is 32.4 Å². The number of amides is 1. The van der Waals surface area contributed by atoms with E-state index in [1.165, 1.54) is 5.56 Å². The number of carbonyl (C=O) groups excluding carboxylic acids is 1. The van der Waals surface area contributed by atoms with Gasteiger partial charge in [-0.05, 0) is 42.7 Å². The molecule has 164 valence electrons. The van der Waals surface area contributed by atoms with Crippen molar-refractivity contribution in [1.82, 2.24) is 14.4 Å². The first kappa shape index (κ1) is 21.2. The van der Waals surface area contributed by atoms with E-state index < -0.39 is 0 Å². The topological polar surface area (TPSA) is 67.9 Å². The maximum absolute atomic E-state index is 12.7. The number of oxazole rings is 1. The van der Waals surface area contributed by atoms with Crippen molar-refractivity contribution in [3.05, 3.63) is 64.6 Å². The van der Waals surface area contributed by atoms with Crippen LogP contribution in [0.25, 0.3) is 11.1 Å². The molecule has 0 unspecified atom stereocenters. The largest absolute Gasteiger partial charge is 0.497 e. The summed E-state index contributed by atoms with van der Waals surface area (Å²) in [5.41, 5.74) is 2.62. The van der Waals surface area contributed by atoms with Crippen LogP contribution in [-0.2, 0) is 17.9 Å². The van der Waals surface area contributed by atoms with Gasteiger partial charge in [-0.25, -0.2) is 4.79 Å². The van der Waals surface area contributed by atoms with Gasteiger partial charge in [-0.3, -0.25) is 14.3 Å². The second-order valence-electron chi connectivity index (χ2n) is 7.95. The van der Waals surface area contributed by atoms with Gasteiger partial charge < -0.3 is 14.1 Å². The third-order valence-electron chi connectivity index (χ3n) is 5.85. The van der Waals surface area contributed by atoms with E-state index in [1.54, 1.807) is 17.7 Å². The lowest BCUT2D eigenvalue weighted by Gasteiger charge is -2.22. The van der Waals surface area contributed by atoms with E-state index in [4.69, 9.17) is 9.15 Å². The number of hydrogen-bond acceptors (Lipinski definition) is 5. The van der Waals surface area contributed by atoms with Crippen molar-refractivity contribution in [1.29, 1.82) is 0 Å². The summed E-state index contributed by atoms with van der Waals surface area (Å²) < 4.78 is 12.1. The number of hydrogen-bond donors (Lipinski definition) is 0. The number of aryl methyl sites for hydroxylation is 1. The van der Waals surface area contributed by atoms with Gasteiger partial charge in [0.25, 0.3) is 0 Å². The van der Waals surface area contributed by atoms with Gasteiger partial charge in [0.2, 0.25) is 5.91 Å². The van der Waals surface area contributed by atoms with E-state index in [2.05, 4.69) is 17.0 Å². The molecule has 0 aliphatic carbocycles. The quantitative estimate of drug-likeness (QED) is 0.584. The molecule has 0 radical (unpaired) electrons. The molecular formula is C24H29N3O4. The fourth-order valence-electron chi connectivity index (χ4n) is 4.14. The fraction of sp³-hybridized carbons (Fsp3) is 0.417. The summed E-state index contributed by atoms with van der Waals surface area (Å²) in [7, 11) is 1.67. The molecule has 1 aliphatic heterocycles. The van der Waals surface area contributed by atoms with Crippen LogP contribution in [-0.4, -0.2) is 53.6 Å². The van der Waals surface area contributed by atoms with Crippen LogP contribution in [0.1, 0.15) is 24.8 Å². The molecule has 4 rings (SSSR count). The van der Waals surface area contributed by atoms with Gasteiger partial charge in [-0.1, -0.05) is 24.3 Å². The zero-order chi connectivity index (χ0) is 21.6. The smallest absolute Gasteiger partial charge is 0.419 e. The molecule has 0 atom stereocenters. The molecule has 7 nitrogen and oxygen atoms in total. The molecule has 1 saturated heterocycles. The zero-order valence-corrected chi connectivity index (χ0v) is 18.0. The predicted octanol–water partition coefficient (Wildman–Crippen LogP) is 3.12. The van der Waals surface area contributed by atoms with Gasteiger partial charge in [0.1, 0.15) is 5.75 Å². The van der Waals surface area contributed by atoms with E-state index in [9.17, 15) is 9.59 Å².